The van der Waals surface area contributed by atoms with Crippen molar-refractivity contribution in [1.29, 1.82) is 0 Å². The van der Waals surface area contributed by atoms with Crippen LogP contribution in [0.15, 0.2) is 53.6 Å². The number of hydrogen-bond donors (Lipinski definition) is 1. The molecule has 0 aromatic heterocycles. The Balaban J connectivity index is 1.92. The van der Waals surface area contributed by atoms with E-state index in [4.69, 9.17) is 0 Å². The van der Waals surface area contributed by atoms with E-state index in [1.54, 1.807) is 6.07 Å². The molecule has 0 unspecified atom stereocenters. The number of nitro benzene ring substituents is 2. The molecule has 24 heavy (non-hydrogen) atoms. The minimum absolute atomic E-state index is 0.00424. The van der Waals surface area contributed by atoms with Crippen LogP contribution in [0.2, 0.25) is 0 Å². The average Bonchev–Trinajstić information content (AvgIpc) is 2.55. The van der Waals surface area contributed by atoms with Gasteiger partial charge >= 0.3 is 0 Å². The Morgan fingerprint density at radius 1 is 1.04 bits per heavy atom. The van der Waals surface area contributed by atoms with Crippen LogP contribution < -0.4 is 5.43 Å². The molecule has 2 rings (SSSR count). The molecular formula is C15H12N4O5. The summed E-state index contributed by atoms with van der Waals surface area (Å²) >= 11 is 0. The van der Waals surface area contributed by atoms with Crippen LogP contribution in [0.3, 0.4) is 0 Å². The largest absolute Gasteiger partial charge is 0.273 e. The molecule has 0 spiro atoms. The van der Waals surface area contributed by atoms with E-state index < -0.39 is 15.8 Å². The molecule has 1 amide bonds. The Morgan fingerprint density at radius 2 is 1.71 bits per heavy atom. The third kappa shape index (κ3) is 4.70. The van der Waals surface area contributed by atoms with Gasteiger partial charge in [-0.15, -0.1) is 0 Å². The molecule has 0 saturated heterocycles. The Labute approximate surface area is 135 Å². The molecule has 0 aliphatic rings. The number of benzene rings is 2. The van der Waals surface area contributed by atoms with Gasteiger partial charge in [0, 0.05) is 29.8 Å². The molecule has 0 aliphatic heterocycles. The first kappa shape index (κ1) is 16.7. The molecule has 2 aromatic carbocycles. The number of amides is 1. The summed E-state index contributed by atoms with van der Waals surface area (Å²) in [6.07, 6.45) is 1.30. The van der Waals surface area contributed by atoms with Gasteiger partial charge in [0.15, 0.2) is 0 Å². The van der Waals surface area contributed by atoms with Crippen LogP contribution in [-0.2, 0) is 11.2 Å². The maximum Gasteiger partial charge on any atom is 0.270 e. The van der Waals surface area contributed by atoms with E-state index in [9.17, 15) is 25.0 Å². The van der Waals surface area contributed by atoms with E-state index in [0.717, 1.165) is 0 Å². The van der Waals surface area contributed by atoms with E-state index in [0.29, 0.717) is 11.1 Å². The van der Waals surface area contributed by atoms with Crippen LogP contribution in [0.5, 0.6) is 0 Å². The Bertz CT molecular complexity index is 802. The number of non-ortho nitro benzene ring substituents is 2. The number of nitro groups is 2. The number of carbonyl (C=O) groups excluding carboxylic acids is 1. The van der Waals surface area contributed by atoms with E-state index in [1.807, 2.05) is 0 Å². The van der Waals surface area contributed by atoms with Crippen molar-refractivity contribution in [2.24, 2.45) is 5.10 Å². The zero-order valence-corrected chi connectivity index (χ0v) is 12.3. The first-order valence-corrected chi connectivity index (χ1v) is 6.75. The number of hydrogen-bond acceptors (Lipinski definition) is 6. The van der Waals surface area contributed by atoms with Gasteiger partial charge in [0.1, 0.15) is 0 Å². The van der Waals surface area contributed by atoms with Crippen molar-refractivity contribution in [3.63, 3.8) is 0 Å². The van der Waals surface area contributed by atoms with Crippen LogP contribution in [0.25, 0.3) is 0 Å². The lowest BCUT2D eigenvalue weighted by atomic mass is 10.1. The summed E-state index contributed by atoms with van der Waals surface area (Å²) in [5.74, 6) is -0.412. The molecule has 0 radical (unpaired) electrons. The Kier molecular flexibility index (Phi) is 5.29. The van der Waals surface area contributed by atoms with Gasteiger partial charge in [0.25, 0.3) is 11.4 Å². The van der Waals surface area contributed by atoms with Crippen LogP contribution in [0.4, 0.5) is 11.4 Å². The van der Waals surface area contributed by atoms with Crippen molar-refractivity contribution in [2.75, 3.05) is 0 Å². The summed E-state index contributed by atoms with van der Waals surface area (Å²) in [7, 11) is 0. The summed E-state index contributed by atoms with van der Waals surface area (Å²) in [4.78, 5) is 31.9. The first-order chi connectivity index (χ1) is 11.5. The van der Waals surface area contributed by atoms with Crippen LogP contribution in [0.1, 0.15) is 11.1 Å². The summed E-state index contributed by atoms with van der Waals surface area (Å²) in [5.41, 5.74) is 3.24. The van der Waals surface area contributed by atoms with Crippen molar-refractivity contribution >= 4 is 23.5 Å². The molecular weight excluding hydrogens is 316 g/mol. The third-order valence-corrected chi connectivity index (χ3v) is 3.00. The molecule has 0 bridgehead atoms. The second-order valence-corrected chi connectivity index (χ2v) is 4.75. The highest BCUT2D eigenvalue weighted by atomic mass is 16.6. The van der Waals surface area contributed by atoms with Gasteiger partial charge in [-0.05, 0) is 5.56 Å². The fourth-order valence-corrected chi connectivity index (χ4v) is 1.86. The van der Waals surface area contributed by atoms with Crippen LogP contribution in [-0.4, -0.2) is 22.0 Å². The smallest absolute Gasteiger partial charge is 0.270 e. The summed E-state index contributed by atoms with van der Waals surface area (Å²) in [6, 6.07) is 11.4. The van der Waals surface area contributed by atoms with Crippen LogP contribution >= 0.6 is 0 Å². The minimum Gasteiger partial charge on any atom is -0.273 e. The highest BCUT2D eigenvalue weighted by Gasteiger charge is 2.07. The van der Waals surface area contributed by atoms with E-state index >= 15 is 0 Å². The highest BCUT2D eigenvalue weighted by Crippen LogP contribution is 2.12. The van der Waals surface area contributed by atoms with Gasteiger partial charge in [-0.25, -0.2) is 5.43 Å². The Hall–Kier alpha value is -3.62. The van der Waals surface area contributed by atoms with Gasteiger partial charge in [-0.2, -0.15) is 5.10 Å². The summed E-state index contributed by atoms with van der Waals surface area (Å²) in [5, 5.41) is 24.9. The van der Waals surface area contributed by atoms with Crippen molar-refractivity contribution in [1.82, 2.24) is 5.43 Å². The topological polar surface area (TPSA) is 128 Å². The quantitative estimate of drug-likeness (QED) is 0.494. The lowest BCUT2D eigenvalue weighted by Gasteiger charge is -2.00. The second-order valence-electron chi connectivity index (χ2n) is 4.75. The maximum atomic E-state index is 11.7. The molecule has 0 fully saturated rings. The molecule has 9 nitrogen and oxygen atoms in total. The van der Waals surface area contributed by atoms with Crippen LogP contribution in [0, 0.1) is 20.2 Å². The SMILES string of the molecule is O=C(Cc1ccc([N+](=O)[O-])cc1)N/N=C/c1cccc([N+](=O)[O-])c1. The van der Waals surface area contributed by atoms with Crippen molar-refractivity contribution < 1.29 is 14.6 Å². The predicted octanol–water partition coefficient (Wildman–Crippen LogP) is 2.20. The minimum atomic E-state index is -0.523. The number of nitrogens with zero attached hydrogens (tertiary/aromatic N) is 3. The van der Waals surface area contributed by atoms with Crippen molar-refractivity contribution in [3.05, 3.63) is 79.9 Å². The standard InChI is InChI=1S/C15H12N4O5/c20-15(9-11-4-6-13(7-5-11)18(21)22)17-16-10-12-2-1-3-14(8-12)19(23)24/h1-8,10H,9H2,(H,17,20)/b16-10+. The first-order valence-electron chi connectivity index (χ1n) is 6.75. The van der Waals surface area contributed by atoms with Gasteiger partial charge in [0.05, 0.1) is 22.5 Å². The van der Waals surface area contributed by atoms with E-state index in [2.05, 4.69) is 10.5 Å². The van der Waals surface area contributed by atoms with Gasteiger partial charge in [0.2, 0.25) is 5.91 Å². The van der Waals surface area contributed by atoms with Crippen molar-refractivity contribution in [2.45, 2.75) is 6.42 Å². The lowest BCUT2D eigenvalue weighted by molar-refractivity contribution is -0.385. The fraction of sp³-hybridized carbons (Fsp3) is 0.0667. The van der Waals surface area contributed by atoms with Gasteiger partial charge in [-0.1, -0.05) is 24.3 Å². The summed E-state index contributed by atoms with van der Waals surface area (Å²) < 4.78 is 0. The summed E-state index contributed by atoms with van der Waals surface area (Å²) in [6.45, 7) is 0. The molecule has 0 saturated carbocycles. The molecule has 122 valence electrons. The maximum absolute atomic E-state index is 11.7. The highest BCUT2D eigenvalue weighted by molar-refractivity contribution is 5.83. The molecule has 0 aliphatic carbocycles. The molecule has 0 atom stereocenters. The van der Waals surface area contributed by atoms with Gasteiger partial charge < -0.3 is 0 Å². The van der Waals surface area contributed by atoms with Gasteiger partial charge in [-0.3, -0.25) is 25.0 Å². The van der Waals surface area contributed by atoms with Crippen molar-refractivity contribution in [3.8, 4) is 0 Å². The molecule has 1 N–H and O–H groups in total. The fourth-order valence-electron chi connectivity index (χ4n) is 1.86. The van der Waals surface area contributed by atoms with E-state index in [1.165, 1.54) is 48.7 Å². The number of rotatable bonds is 6. The zero-order chi connectivity index (χ0) is 17.5. The molecule has 2 aromatic rings. The molecule has 0 heterocycles. The normalized spacial score (nSPS) is 10.5. The third-order valence-electron chi connectivity index (χ3n) is 3.00. The zero-order valence-electron chi connectivity index (χ0n) is 12.3. The monoisotopic (exact) mass is 328 g/mol. The second kappa shape index (κ2) is 7.58. The van der Waals surface area contributed by atoms with E-state index in [-0.39, 0.29) is 17.8 Å². The number of carbonyl (C=O) groups is 1. The average molecular weight is 328 g/mol. The molecule has 9 heteroatoms. The Morgan fingerprint density at radius 3 is 2.33 bits per heavy atom. The predicted molar refractivity (Wildman–Crippen MR) is 85.6 cm³/mol. The number of hydrazone groups is 1. The number of nitrogens with one attached hydrogen (secondary N) is 1. The lowest BCUT2D eigenvalue weighted by Crippen LogP contribution is -2.19.